The van der Waals surface area contributed by atoms with E-state index in [0.717, 1.165) is 83.2 Å². The second-order valence-electron chi connectivity index (χ2n) is 19.1. The van der Waals surface area contributed by atoms with Crippen molar-refractivity contribution in [2.45, 2.75) is 26.2 Å². The Morgan fingerprint density at radius 1 is 0.561 bits per heavy atom. The SMILES string of the molecule is CC1C=CC=C(n2c3cc(-c4cc5c6c(c4)C=CC4(C)C=C(c7ccc8c9c%10ccccc%10c(F)cc9n(-c9ccccc9)c8c7)C=C(C=C5)C64)ccc3c3c4ccccc4c(F)cc32)C1. The molecule has 314 valence electrons. The van der Waals surface area contributed by atoms with Crippen LogP contribution in [0, 0.1) is 23.0 Å². The van der Waals surface area contributed by atoms with Gasteiger partial charge in [-0.05, 0) is 122 Å². The fourth-order valence-electron chi connectivity index (χ4n) is 12.1. The van der Waals surface area contributed by atoms with Crippen LogP contribution < -0.4 is 0 Å². The molecule has 4 aliphatic rings. The number of halogens is 2. The minimum atomic E-state index is -0.259. The second-order valence-corrected chi connectivity index (χ2v) is 19.1. The molecule has 0 bridgehead atoms. The average molecular weight is 853 g/mol. The molecule has 0 N–H and O–H groups in total. The lowest BCUT2D eigenvalue weighted by molar-refractivity contribution is 0.467. The van der Waals surface area contributed by atoms with Crippen molar-refractivity contribution in [3.05, 3.63) is 222 Å². The number of fused-ring (bicyclic) bond motifs is 10. The molecule has 10 aromatic rings. The summed E-state index contributed by atoms with van der Waals surface area (Å²) in [7, 11) is 0. The zero-order valence-electron chi connectivity index (χ0n) is 36.5. The lowest BCUT2D eigenvalue weighted by Gasteiger charge is -2.43. The summed E-state index contributed by atoms with van der Waals surface area (Å²) in [6, 6.07) is 47.7. The molecule has 2 nitrogen and oxygen atoms in total. The van der Waals surface area contributed by atoms with Crippen molar-refractivity contribution in [3.8, 4) is 16.8 Å². The van der Waals surface area contributed by atoms with Gasteiger partial charge in [0.15, 0.2) is 0 Å². The van der Waals surface area contributed by atoms with Crippen molar-refractivity contribution in [2.75, 3.05) is 0 Å². The number of para-hydroxylation sites is 1. The summed E-state index contributed by atoms with van der Waals surface area (Å²) >= 11 is 0. The number of allylic oxidation sites excluding steroid dienone is 10. The number of nitrogens with zero attached hydrogens (tertiary/aromatic N) is 2. The van der Waals surface area contributed by atoms with Crippen LogP contribution in [0.5, 0.6) is 0 Å². The van der Waals surface area contributed by atoms with Crippen molar-refractivity contribution in [1.29, 1.82) is 0 Å². The predicted molar refractivity (Wildman–Crippen MR) is 273 cm³/mol. The molecule has 3 unspecified atom stereocenters. The minimum absolute atomic E-state index is 0.172. The number of aromatic nitrogens is 2. The summed E-state index contributed by atoms with van der Waals surface area (Å²) in [4.78, 5) is 0. The van der Waals surface area contributed by atoms with Gasteiger partial charge in [-0.3, -0.25) is 0 Å². The van der Waals surface area contributed by atoms with E-state index in [9.17, 15) is 0 Å². The van der Waals surface area contributed by atoms with Crippen LogP contribution in [0.25, 0.3) is 105 Å². The largest absolute Gasteiger partial charge is 0.313 e. The van der Waals surface area contributed by atoms with E-state index in [0.29, 0.717) is 16.7 Å². The summed E-state index contributed by atoms with van der Waals surface area (Å²) in [6.07, 6.45) is 21.6. The smallest absolute Gasteiger partial charge is 0.133 e. The molecule has 3 atom stereocenters. The van der Waals surface area contributed by atoms with E-state index >= 15 is 8.78 Å². The Morgan fingerprint density at radius 2 is 1.17 bits per heavy atom. The molecule has 0 saturated carbocycles. The summed E-state index contributed by atoms with van der Waals surface area (Å²) in [5, 5.41) is 7.54. The molecule has 0 amide bonds. The van der Waals surface area contributed by atoms with Gasteiger partial charge in [-0.2, -0.15) is 0 Å². The molecule has 0 spiro atoms. The maximum Gasteiger partial charge on any atom is 0.133 e. The molecular weight excluding hydrogens is 811 g/mol. The van der Waals surface area contributed by atoms with Gasteiger partial charge in [0, 0.05) is 55.0 Å². The zero-order chi connectivity index (χ0) is 44.0. The quantitative estimate of drug-likeness (QED) is 0.167. The molecular formula is C62H42F2N2. The van der Waals surface area contributed by atoms with Crippen LogP contribution in [-0.2, 0) is 0 Å². The monoisotopic (exact) mass is 852 g/mol. The maximum atomic E-state index is 15.9. The van der Waals surface area contributed by atoms with E-state index in [2.05, 4.69) is 144 Å². The highest BCUT2D eigenvalue weighted by Crippen LogP contribution is 2.56. The van der Waals surface area contributed by atoms with E-state index in [1.807, 2.05) is 60.7 Å². The molecule has 8 aromatic carbocycles. The molecule has 0 saturated heterocycles. The van der Waals surface area contributed by atoms with Crippen molar-refractivity contribution in [3.63, 3.8) is 0 Å². The van der Waals surface area contributed by atoms with Gasteiger partial charge in [0.25, 0.3) is 0 Å². The Balaban J connectivity index is 0.892. The Kier molecular flexibility index (Phi) is 7.74. The first-order valence-corrected chi connectivity index (χ1v) is 23.0. The molecule has 66 heavy (non-hydrogen) atoms. The third kappa shape index (κ3) is 5.27. The van der Waals surface area contributed by atoms with Crippen LogP contribution in [-0.4, -0.2) is 9.13 Å². The minimum Gasteiger partial charge on any atom is -0.313 e. The number of benzene rings is 8. The highest BCUT2D eigenvalue weighted by Gasteiger charge is 2.42. The Hall–Kier alpha value is -7.82. The van der Waals surface area contributed by atoms with Crippen LogP contribution in [0.1, 0.15) is 48.4 Å². The van der Waals surface area contributed by atoms with E-state index < -0.39 is 0 Å². The van der Waals surface area contributed by atoms with Gasteiger partial charge in [0.05, 0.1) is 22.1 Å². The Bertz CT molecular complexity index is 4020. The number of hydrogen-bond donors (Lipinski definition) is 0. The summed E-state index contributed by atoms with van der Waals surface area (Å²) in [5.74, 6) is 0.150. The van der Waals surface area contributed by atoms with Crippen LogP contribution in [0.4, 0.5) is 8.78 Å². The highest BCUT2D eigenvalue weighted by atomic mass is 19.1. The average Bonchev–Trinajstić information content (AvgIpc) is 3.85. The molecule has 0 radical (unpaired) electrons. The molecule has 14 rings (SSSR count). The van der Waals surface area contributed by atoms with Gasteiger partial charge < -0.3 is 9.13 Å². The molecule has 4 aliphatic carbocycles. The Morgan fingerprint density at radius 3 is 1.86 bits per heavy atom. The van der Waals surface area contributed by atoms with Gasteiger partial charge in [0.2, 0.25) is 0 Å². The first kappa shape index (κ1) is 37.5. The van der Waals surface area contributed by atoms with Crippen molar-refractivity contribution in [1.82, 2.24) is 9.13 Å². The van der Waals surface area contributed by atoms with Crippen LogP contribution in [0.3, 0.4) is 0 Å². The fourth-order valence-corrected chi connectivity index (χ4v) is 12.1. The second kappa shape index (κ2) is 13.6. The van der Waals surface area contributed by atoms with Gasteiger partial charge in [-0.1, -0.05) is 153 Å². The van der Waals surface area contributed by atoms with Gasteiger partial charge >= 0.3 is 0 Å². The molecule has 4 heteroatoms. The lowest BCUT2D eigenvalue weighted by Crippen LogP contribution is -2.30. The van der Waals surface area contributed by atoms with Crippen molar-refractivity contribution in [2.24, 2.45) is 11.3 Å². The topological polar surface area (TPSA) is 9.86 Å². The van der Waals surface area contributed by atoms with Gasteiger partial charge in [-0.25, -0.2) is 8.78 Å². The van der Waals surface area contributed by atoms with E-state index in [1.54, 1.807) is 12.1 Å². The van der Waals surface area contributed by atoms with Gasteiger partial charge in [-0.15, -0.1) is 0 Å². The van der Waals surface area contributed by atoms with E-state index in [1.165, 1.54) is 33.5 Å². The summed E-state index contributed by atoms with van der Waals surface area (Å²) in [5.41, 5.74) is 15.6. The van der Waals surface area contributed by atoms with Crippen LogP contribution in [0.2, 0.25) is 0 Å². The van der Waals surface area contributed by atoms with Gasteiger partial charge in [0.1, 0.15) is 11.6 Å². The summed E-state index contributed by atoms with van der Waals surface area (Å²) in [6.45, 7) is 4.61. The van der Waals surface area contributed by atoms with E-state index in [-0.39, 0.29) is 23.0 Å². The highest BCUT2D eigenvalue weighted by molar-refractivity contribution is 6.23. The first-order valence-electron chi connectivity index (χ1n) is 23.0. The normalized spacial score (nSPS) is 19.6. The number of hydrogen-bond acceptors (Lipinski definition) is 0. The molecule has 0 fully saturated rings. The van der Waals surface area contributed by atoms with E-state index in [4.69, 9.17) is 0 Å². The maximum absolute atomic E-state index is 15.9. The lowest BCUT2D eigenvalue weighted by atomic mass is 9.60. The third-order valence-corrected chi connectivity index (χ3v) is 15.0. The van der Waals surface area contributed by atoms with Crippen molar-refractivity contribution < 1.29 is 8.78 Å². The zero-order valence-corrected chi connectivity index (χ0v) is 36.5. The van der Waals surface area contributed by atoms with Crippen LogP contribution in [0.15, 0.2) is 188 Å². The number of rotatable bonds is 4. The summed E-state index contributed by atoms with van der Waals surface area (Å²) < 4.78 is 36.2. The third-order valence-electron chi connectivity index (χ3n) is 15.0. The standard InChI is InChI=1S/C62H42F2N2/c1-36-11-10-14-45(27-36)66-55-31-37(21-23-51(55)60-49-18-9-7-16-47(49)53(64)34-57(60)66)42-28-39-19-20-41-30-43(35-62(2)26-25-40(29-42)58(39)61(41)62)38-22-24-50-54(32-38)65(44-12-4-3-5-13-44)56-33-52(63)46-15-6-8-17-48(46)59(50)56/h3-26,28-36,61H,27H2,1-2H3. The fraction of sp³-hybridized carbons (Fsp3) is 0.0968. The Labute approximate surface area is 380 Å². The predicted octanol–water partition coefficient (Wildman–Crippen LogP) is 16.7. The molecule has 2 aromatic heterocycles. The first-order chi connectivity index (χ1) is 32.3. The molecule has 0 aliphatic heterocycles. The van der Waals surface area contributed by atoms with Crippen molar-refractivity contribution >= 4 is 88.6 Å². The molecule has 2 heterocycles. The van der Waals surface area contributed by atoms with Crippen LogP contribution >= 0.6 is 0 Å².